The molecule has 0 radical (unpaired) electrons. The summed E-state index contributed by atoms with van der Waals surface area (Å²) in [7, 11) is 0. The molecule has 8 nitrogen and oxygen atoms in total. The van der Waals surface area contributed by atoms with Gasteiger partial charge in [-0.3, -0.25) is 9.59 Å². The second-order valence-electron chi connectivity index (χ2n) is 8.42. The Labute approximate surface area is 212 Å². The van der Waals surface area contributed by atoms with Crippen molar-refractivity contribution in [2.75, 3.05) is 12.1 Å². The molecule has 180 valence electrons. The minimum atomic E-state index is -0.652. The molecule has 0 aliphatic carbocycles. The van der Waals surface area contributed by atoms with Gasteiger partial charge in [-0.05, 0) is 36.2 Å². The zero-order valence-corrected chi connectivity index (χ0v) is 20.2. The lowest BCUT2D eigenvalue weighted by molar-refractivity contribution is -0.124. The third-order valence-corrected chi connectivity index (χ3v) is 7.45. The van der Waals surface area contributed by atoms with Crippen molar-refractivity contribution >= 4 is 46.0 Å². The fourth-order valence-corrected chi connectivity index (χ4v) is 5.35. The number of benzene rings is 3. The molecule has 3 heterocycles. The van der Waals surface area contributed by atoms with E-state index >= 15 is 0 Å². The van der Waals surface area contributed by atoms with Gasteiger partial charge in [0, 0.05) is 17.3 Å². The molecular weight excluding hydrogens is 476 g/mol. The Morgan fingerprint density at radius 1 is 1.08 bits per heavy atom. The van der Waals surface area contributed by atoms with Crippen molar-refractivity contribution in [3.63, 3.8) is 0 Å². The molecule has 0 saturated heterocycles. The van der Waals surface area contributed by atoms with Crippen LogP contribution in [-0.4, -0.2) is 39.8 Å². The van der Waals surface area contributed by atoms with Gasteiger partial charge in [0.15, 0.2) is 22.7 Å². The van der Waals surface area contributed by atoms with Crippen LogP contribution in [0.15, 0.2) is 82.8 Å². The number of aliphatic imine (C=N–C) groups is 2. The third-order valence-electron chi connectivity index (χ3n) is 6.14. The van der Waals surface area contributed by atoms with Gasteiger partial charge >= 0.3 is 0 Å². The summed E-state index contributed by atoms with van der Waals surface area (Å²) in [4.78, 5) is 38.0. The summed E-state index contributed by atoms with van der Waals surface area (Å²) in [6.07, 6.45) is 0.540. The Kier molecular flexibility index (Phi) is 5.69. The molecule has 0 aromatic heterocycles. The van der Waals surface area contributed by atoms with Gasteiger partial charge in [0.2, 0.25) is 12.7 Å². The van der Waals surface area contributed by atoms with Crippen molar-refractivity contribution in [2.24, 2.45) is 9.98 Å². The summed E-state index contributed by atoms with van der Waals surface area (Å²) in [5.74, 6) is 1.44. The summed E-state index contributed by atoms with van der Waals surface area (Å²) >= 11 is 1.27. The van der Waals surface area contributed by atoms with E-state index in [1.54, 1.807) is 23.1 Å². The molecule has 3 aromatic rings. The van der Waals surface area contributed by atoms with Gasteiger partial charge in [-0.25, -0.2) is 14.9 Å². The fraction of sp³-hybridized carbons (Fsp3) is 0.185. The first kappa shape index (κ1) is 22.4. The van der Waals surface area contributed by atoms with E-state index in [1.165, 1.54) is 11.8 Å². The largest absolute Gasteiger partial charge is 0.454 e. The summed E-state index contributed by atoms with van der Waals surface area (Å²) in [6, 6.07) is 21.7. The van der Waals surface area contributed by atoms with Gasteiger partial charge in [0.25, 0.3) is 5.91 Å². The first-order chi connectivity index (χ1) is 17.6. The minimum absolute atomic E-state index is 0.166. The number of carbonyl (C=O) groups is 2. The number of amidine groups is 2. The Bertz CT molecular complexity index is 1420. The van der Waals surface area contributed by atoms with Crippen LogP contribution in [0.5, 0.6) is 11.5 Å². The van der Waals surface area contributed by atoms with Crippen LogP contribution < -0.4 is 14.8 Å². The first-order valence-electron chi connectivity index (χ1n) is 11.6. The van der Waals surface area contributed by atoms with Crippen molar-refractivity contribution in [1.29, 1.82) is 0 Å². The Balaban J connectivity index is 1.29. The van der Waals surface area contributed by atoms with Crippen LogP contribution in [0.2, 0.25) is 0 Å². The predicted octanol–water partition coefficient (Wildman–Crippen LogP) is 4.90. The smallest absolute Gasteiger partial charge is 0.263 e. The number of para-hydroxylation sites is 1. The summed E-state index contributed by atoms with van der Waals surface area (Å²) in [5.41, 5.74) is 2.95. The van der Waals surface area contributed by atoms with Crippen molar-refractivity contribution in [3.8, 4) is 11.5 Å². The zero-order chi connectivity index (χ0) is 24.6. The average molecular weight is 499 g/mol. The molecule has 36 heavy (non-hydrogen) atoms. The Hall–Kier alpha value is -4.11. The maximum atomic E-state index is 13.6. The lowest BCUT2D eigenvalue weighted by Gasteiger charge is -2.27. The maximum absolute atomic E-state index is 13.6. The van der Waals surface area contributed by atoms with Crippen LogP contribution in [0.3, 0.4) is 0 Å². The number of hydrogen-bond acceptors (Lipinski definition) is 7. The molecule has 3 aliphatic heterocycles. The first-order valence-corrected chi connectivity index (χ1v) is 12.5. The predicted molar refractivity (Wildman–Crippen MR) is 139 cm³/mol. The van der Waals surface area contributed by atoms with Crippen LogP contribution in [-0.2, 0) is 9.59 Å². The highest BCUT2D eigenvalue weighted by Gasteiger charge is 2.43. The Morgan fingerprint density at radius 3 is 2.69 bits per heavy atom. The second-order valence-corrected chi connectivity index (χ2v) is 9.59. The summed E-state index contributed by atoms with van der Waals surface area (Å²) < 4.78 is 10.8. The highest BCUT2D eigenvalue weighted by Crippen LogP contribution is 2.39. The summed E-state index contributed by atoms with van der Waals surface area (Å²) in [6.45, 7) is 2.10. The Morgan fingerprint density at radius 2 is 1.86 bits per heavy atom. The van der Waals surface area contributed by atoms with Crippen LogP contribution in [0.25, 0.3) is 0 Å². The number of carbonyl (C=O) groups excluding carboxylic acids is 2. The maximum Gasteiger partial charge on any atom is 0.263 e. The lowest BCUT2D eigenvalue weighted by Crippen LogP contribution is -2.41. The van der Waals surface area contributed by atoms with Crippen LogP contribution in [0.1, 0.15) is 30.5 Å². The molecule has 2 atom stereocenters. The zero-order valence-electron chi connectivity index (χ0n) is 19.4. The van der Waals surface area contributed by atoms with Gasteiger partial charge in [-0.1, -0.05) is 61.2 Å². The number of hydrogen-bond donors (Lipinski definition) is 1. The monoisotopic (exact) mass is 498 g/mol. The molecule has 6 rings (SSSR count). The molecular formula is C27H22N4O4S. The van der Waals surface area contributed by atoms with Crippen LogP contribution in [0, 0.1) is 0 Å². The highest BCUT2D eigenvalue weighted by molar-refractivity contribution is 8.15. The fourth-order valence-electron chi connectivity index (χ4n) is 4.33. The molecule has 0 unspecified atom stereocenters. The number of amides is 2. The minimum Gasteiger partial charge on any atom is -0.454 e. The normalized spacial score (nSPS) is 18.2. The van der Waals surface area contributed by atoms with E-state index in [0.29, 0.717) is 34.6 Å². The van der Waals surface area contributed by atoms with Crippen LogP contribution in [0.4, 0.5) is 11.4 Å². The second kappa shape index (κ2) is 9.16. The molecule has 0 saturated carbocycles. The van der Waals surface area contributed by atoms with Crippen molar-refractivity contribution in [2.45, 2.75) is 24.6 Å². The molecule has 0 fully saturated rings. The number of thioether (sulfide) groups is 1. The number of anilines is 1. The number of nitrogens with zero attached hydrogens (tertiary/aromatic N) is 3. The SMILES string of the molecule is CC[C@@H](SC1=Nc2ccccc2C2=N[C@@H](c3ccccc3)C(=O)N12)C(=O)Nc1ccc2c(c1)OCO2. The van der Waals surface area contributed by atoms with Crippen molar-refractivity contribution < 1.29 is 19.1 Å². The van der Waals surface area contributed by atoms with E-state index in [1.807, 2.05) is 61.5 Å². The molecule has 1 N–H and O–H groups in total. The number of rotatable bonds is 5. The van der Waals surface area contributed by atoms with Crippen molar-refractivity contribution in [1.82, 2.24) is 4.90 Å². The molecule has 0 spiro atoms. The quantitative estimate of drug-likeness (QED) is 0.540. The number of fused-ring (bicyclic) bond motifs is 4. The van der Waals surface area contributed by atoms with E-state index < -0.39 is 11.3 Å². The van der Waals surface area contributed by atoms with E-state index in [9.17, 15) is 9.59 Å². The van der Waals surface area contributed by atoms with Gasteiger partial charge in [0.1, 0.15) is 5.84 Å². The molecule has 0 bridgehead atoms. The van der Waals surface area contributed by atoms with Gasteiger partial charge in [0.05, 0.1) is 10.9 Å². The molecule has 2 amide bonds. The van der Waals surface area contributed by atoms with E-state index in [-0.39, 0.29) is 18.6 Å². The topological polar surface area (TPSA) is 92.6 Å². The number of nitrogens with one attached hydrogen (secondary N) is 1. The van der Waals surface area contributed by atoms with Gasteiger partial charge < -0.3 is 14.8 Å². The molecule has 9 heteroatoms. The number of ether oxygens (including phenoxy) is 2. The van der Waals surface area contributed by atoms with Crippen molar-refractivity contribution in [3.05, 3.63) is 83.9 Å². The average Bonchev–Trinajstić information content (AvgIpc) is 3.52. The summed E-state index contributed by atoms with van der Waals surface area (Å²) in [5, 5.41) is 2.92. The molecule has 3 aromatic carbocycles. The van der Waals surface area contributed by atoms with Gasteiger partial charge in [-0.15, -0.1) is 0 Å². The standard InChI is InChI=1S/C27H22N4O4S/c1-2-22(25(32)28-17-12-13-20-21(14-17)35-15-34-20)36-27-29-19-11-7-6-10-18(19)24-30-23(26(33)31(24)27)16-8-4-3-5-9-16/h3-14,22-23H,2,15H2,1H3,(H,28,32)/t22-,23+/m1/s1. The van der Waals surface area contributed by atoms with Gasteiger partial charge in [-0.2, -0.15) is 0 Å². The third kappa shape index (κ3) is 3.91. The van der Waals surface area contributed by atoms with E-state index in [4.69, 9.17) is 19.5 Å². The lowest BCUT2D eigenvalue weighted by atomic mass is 10.1. The van der Waals surface area contributed by atoms with E-state index in [0.717, 1.165) is 16.8 Å². The van der Waals surface area contributed by atoms with E-state index in [2.05, 4.69) is 5.32 Å². The van der Waals surface area contributed by atoms with Crippen LogP contribution >= 0.6 is 11.8 Å². The molecule has 3 aliphatic rings. The highest BCUT2D eigenvalue weighted by atomic mass is 32.2.